The summed E-state index contributed by atoms with van der Waals surface area (Å²) in [7, 11) is 0. The number of halogens is 2. The van der Waals surface area contributed by atoms with Gasteiger partial charge in [0, 0.05) is 13.1 Å². The number of aliphatic hydroxyl groups excluding tert-OH is 1. The zero-order valence-corrected chi connectivity index (χ0v) is 12.7. The van der Waals surface area contributed by atoms with Gasteiger partial charge < -0.3 is 20.5 Å². The molecule has 3 N–H and O–H groups in total. The van der Waals surface area contributed by atoms with E-state index in [0.29, 0.717) is 18.5 Å². The number of alkyl halides is 2. The van der Waals surface area contributed by atoms with E-state index in [1.54, 1.807) is 19.1 Å². The van der Waals surface area contributed by atoms with E-state index in [9.17, 15) is 18.7 Å². The van der Waals surface area contributed by atoms with Crippen LogP contribution >= 0.6 is 0 Å². The Labute approximate surface area is 128 Å². The van der Waals surface area contributed by atoms with E-state index in [0.717, 1.165) is 0 Å². The summed E-state index contributed by atoms with van der Waals surface area (Å²) in [5, 5.41) is 14.6. The van der Waals surface area contributed by atoms with Gasteiger partial charge in [-0.05, 0) is 37.0 Å². The lowest BCUT2D eigenvalue weighted by molar-refractivity contribution is -0.0498. The number of hydrogen-bond acceptors (Lipinski definition) is 3. The van der Waals surface area contributed by atoms with Crippen LogP contribution in [0.25, 0.3) is 0 Å². The van der Waals surface area contributed by atoms with E-state index < -0.39 is 12.7 Å². The molecule has 0 spiro atoms. The largest absolute Gasteiger partial charge is 0.435 e. The van der Waals surface area contributed by atoms with Crippen molar-refractivity contribution in [3.8, 4) is 5.75 Å². The van der Waals surface area contributed by atoms with Crippen molar-refractivity contribution in [3.05, 3.63) is 29.8 Å². The molecule has 0 aliphatic heterocycles. The standard InChI is InChI=1S/C15H22F2N2O3/c1-10(6-11(2)20)8-18-15(21)19-9-12-4-3-5-13(7-12)22-14(16)17/h3-5,7,10-11,14,20H,6,8-9H2,1-2H3,(H2,18,19,21). The average Bonchev–Trinajstić information content (AvgIpc) is 2.42. The minimum Gasteiger partial charge on any atom is -0.435 e. The first kappa shape index (κ1) is 18.2. The first-order valence-electron chi connectivity index (χ1n) is 7.10. The lowest BCUT2D eigenvalue weighted by Crippen LogP contribution is -2.37. The number of ether oxygens (including phenoxy) is 1. The maximum absolute atomic E-state index is 12.1. The topological polar surface area (TPSA) is 70.6 Å². The van der Waals surface area contributed by atoms with Crippen LogP contribution in [-0.4, -0.2) is 30.4 Å². The summed E-state index contributed by atoms with van der Waals surface area (Å²) in [5.41, 5.74) is 0.658. The van der Waals surface area contributed by atoms with Gasteiger partial charge in [-0.2, -0.15) is 8.78 Å². The van der Waals surface area contributed by atoms with Crippen LogP contribution in [0, 0.1) is 5.92 Å². The average molecular weight is 316 g/mol. The van der Waals surface area contributed by atoms with Crippen molar-refractivity contribution >= 4 is 6.03 Å². The summed E-state index contributed by atoms with van der Waals surface area (Å²) in [6, 6.07) is 5.81. The zero-order chi connectivity index (χ0) is 16.5. The Hall–Kier alpha value is -1.89. The molecule has 0 aliphatic rings. The van der Waals surface area contributed by atoms with Gasteiger partial charge in [0.1, 0.15) is 5.75 Å². The summed E-state index contributed by atoms with van der Waals surface area (Å²) in [5.74, 6) is 0.216. The normalized spacial score (nSPS) is 13.5. The van der Waals surface area contributed by atoms with Gasteiger partial charge in [0.05, 0.1) is 6.10 Å². The molecule has 0 fully saturated rings. The molecule has 0 heterocycles. The molecular weight excluding hydrogens is 294 g/mol. The monoisotopic (exact) mass is 316 g/mol. The Kier molecular flexibility index (Phi) is 7.59. The number of amides is 2. The number of carbonyl (C=O) groups excluding carboxylic acids is 1. The highest BCUT2D eigenvalue weighted by atomic mass is 19.3. The van der Waals surface area contributed by atoms with E-state index >= 15 is 0 Å². The Morgan fingerprint density at radius 1 is 1.32 bits per heavy atom. The molecule has 1 aromatic rings. The van der Waals surface area contributed by atoms with Crippen molar-refractivity contribution in [1.82, 2.24) is 10.6 Å². The second-order valence-electron chi connectivity index (χ2n) is 5.28. The van der Waals surface area contributed by atoms with Crippen LogP contribution in [0.1, 0.15) is 25.8 Å². The second-order valence-corrected chi connectivity index (χ2v) is 5.28. The van der Waals surface area contributed by atoms with E-state index in [4.69, 9.17) is 0 Å². The highest BCUT2D eigenvalue weighted by molar-refractivity contribution is 5.73. The Bertz CT molecular complexity index is 470. The molecule has 0 aromatic heterocycles. The van der Waals surface area contributed by atoms with E-state index in [-0.39, 0.29) is 24.2 Å². The summed E-state index contributed by atoms with van der Waals surface area (Å²) in [6.07, 6.45) is 0.199. The number of benzene rings is 1. The quantitative estimate of drug-likeness (QED) is 0.690. The van der Waals surface area contributed by atoms with Crippen molar-refractivity contribution in [3.63, 3.8) is 0 Å². The molecule has 0 saturated carbocycles. The van der Waals surface area contributed by atoms with Crippen molar-refractivity contribution in [2.24, 2.45) is 5.92 Å². The third-order valence-corrected chi connectivity index (χ3v) is 2.93. The molecule has 0 bridgehead atoms. The fourth-order valence-electron chi connectivity index (χ4n) is 2.01. The van der Waals surface area contributed by atoms with Gasteiger partial charge in [0.25, 0.3) is 0 Å². The van der Waals surface area contributed by atoms with Gasteiger partial charge in [-0.25, -0.2) is 4.79 Å². The van der Waals surface area contributed by atoms with Gasteiger partial charge in [0.2, 0.25) is 0 Å². The lowest BCUT2D eigenvalue weighted by atomic mass is 10.1. The number of rotatable bonds is 8. The molecule has 7 heteroatoms. The maximum Gasteiger partial charge on any atom is 0.387 e. The fourth-order valence-corrected chi connectivity index (χ4v) is 2.01. The van der Waals surface area contributed by atoms with Crippen LogP contribution in [0.2, 0.25) is 0 Å². The highest BCUT2D eigenvalue weighted by Crippen LogP contribution is 2.15. The number of hydrogen-bond donors (Lipinski definition) is 3. The molecule has 0 saturated heterocycles. The molecule has 1 aromatic carbocycles. The van der Waals surface area contributed by atoms with Crippen LogP contribution in [0.4, 0.5) is 13.6 Å². The smallest absolute Gasteiger partial charge is 0.387 e. The number of aliphatic hydroxyl groups is 1. The first-order chi connectivity index (χ1) is 10.4. The number of urea groups is 1. The lowest BCUT2D eigenvalue weighted by Gasteiger charge is -2.14. The van der Waals surface area contributed by atoms with Crippen LogP contribution in [-0.2, 0) is 6.54 Å². The summed E-state index contributed by atoms with van der Waals surface area (Å²) in [4.78, 5) is 11.6. The van der Waals surface area contributed by atoms with Crippen LogP contribution < -0.4 is 15.4 Å². The Balaban J connectivity index is 2.34. The summed E-state index contributed by atoms with van der Waals surface area (Å²) >= 11 is 0. The van der Waals surface area contributed by atoms with Crippen LogP contribution in [0.5, 0.6) is 5.75 Å². The van der Waals surface area contributed by atoms with Crippen molar-refractivity contribution in [2.75, 3.05) is 6.54 Å². The summed E-state index contributed by atoms with van der Waals surface area (Å²) in [6.45, 7) is 1.41. The minimum atomic E-state index is -2.87. The van der Waals surface area contributed by atoms with E-state index in [1.165, 1.54) is 12.1 Å². The predicted octanol–water partition coefficient (Wildman–Crippen LogP) is 2.49. The fraction of sp³-hybridized carbons (Fsp3) is 0.533. The Morgan fingerprint density at radius 3 is 2.68 bits per heavy atom. The van der Waals surface area contributed by atoms with Gasteiger partial charge >= 0.3 is 12.6 Å². The molecule has 2 unspecified atom stereocenters. The summed E-state index contributed by atoms with van der Waals surface area (Å²) < 4.78 is 28.5. The molecule has 1 rings (SSSR count). The highest BCUT2D eigenvalue weighted by Gasteiger charge is 2.09. The molecular formula is C15H22F2N2O3. The van der Waals surface area contributed by atoms with E-state index in [2.05, 4.69) is 15.4 Å². The molecule has 0 aliphatic carbocycles. The first-order valence-corrected chi connectivity index (χ1v) is 7.10. The molecule has 2 amide bonds. The van der Waals surface area contributed by atoms with Crippen molar-refractivity contribution < 1.29 is 23.4 Å². The molecule has 2 atom stereocenters. The van der Waals surface area contributed by atoms with E-state index in [1.807, 2.05) is 6.92 Å². The minimum absolute atomic E-state index is 0.0558. The second kappa shape index (κ2) is 9.19. The third kappa shape index (κ3) is 7.78. The van der Waals surface area contributed by atoms with Crippen molar-refractivity contribution in [1.29, 1.82) is 0 Å². The van der Waals surface area contributed by atoms with Crippen LogP contribution in [0.15, 0.2) is 24.3 Å². The molecule has 124 valence electrons. The molecule has 0 radical (unpaired) electrons. The van der Waals surface area contributed by atoms with Gasteiger partial charge in [0.15, 0.2) is 0 Å². The SMILES string of the molecule is CC(O)CC(C)CNC(=O)NCc1cccc(OC(F)F)c1. The maximum atomic E-state index is 12.1. The zero-order valence-electron chi connectivity index (χ0n) is 12.7. The Morgan fingerprint density at radius 2 is 2.05 bits per heavy atom. The third-order valence-electron chi connectivity index (χ3n) is 2.93. The van der Waals surface area contributed by atoms with Crippen LogP contribution in [0.3, 0.4) is 0 Å². The molecule has 22 heavy (non-hydrogen) atoms. The number of carbonyl (C=O) groups is 1. The van der Waals surface area contributed by atoms with Crippen molar-refractivity contribution in [2.45, 2.75) is 39.5 Å². The van der Waals surface area contributed by atoms with Gasteiger partial charge in [-0.3, -0.25) is 0 Å². The number of nitrogens with one attached hydrogen (secondary N) is 2. The molecule has 5 nitrogen and oxygen atoms in total. The predicted molar refractivity (Wildman–Crippen MR) is 78.8 cm³/mol. The van der Waals surface area contributed by atoms with Gasteiger partial charge in [-0.15, -0.1) is 0 Å². The van der Waals surface area contributed by atoms with Gasteiger partial charge in [-0.1, -0.05) is 19.1 Å².